The van der Waals surface area contributed by atoms with Gasteiger partial charge in [0.25, 0.3) is 5.91 Å². The Labute approximate surface area is 111 Å². The molecule has 0 radical (unpaired) electrons. The normalized spacial score (nSPS) is 11.9. The Hall–Kier alpha value is -1.13. The van der Waals surface area contributed by atoms with Crippen LogP contribution in [0.25, 0.3) is 0 Å². The van der Waals surface area contributed by atoms with E-state index >= 15 is 0 Å². The second kappa shape index (κ2) is 5.98. The molecule has 0 saturated heterocycles. The summed E-state index contributed by atoms with van der Waals surface area (Å²) < 4.78 is 0. The van der Waals surface area contributed by atoms with Crippen molar-refractivity contribution >= 4 is 34.7 Å². The lowest BCUT2D eigenvalue weighted by molar-refractivity contribution is 0.0941. The van der Waals surface area contributed by atoms with Gasteiger partial charge < -0.3 is 11.1 Å². The average Bonchev–Trinajstić information content (AvgIpc) is 2.20. The maximum atomic E-state index is 11.9. The minimum Gasteiger partial charge on any atom is -0.393 e. The third-order valence-electron chi connectivity index (χ3n) is 2.32. The van der Waals surface area contributed by atoms with Gasteiger partial charge in [0.15, 0.2) is 0 Å². The molecule has 1 aromatic carbocycles. The number of aryl methyl sites for hydroxylation is 1. The molecule has 1 atom stereocenters. The van der Waals surface area contributed by atoms with Crippen LogP contribution in [0.3, 0.4) is 0 Å². The Morgan fingerprint density at radius 3 is 2.82 bits per heavy atom. The molecule has 0 heterocycles. The van der Waals surface area contributed by atoms with Crippen LogP contribution in [0, 0.1) is 6.92 Å². The smallest absolute Gasteiger partial charge is 0.253 e. The molecule has 17 heavy (non-hydrogen) atoms. The van der Waals surface area contributed by atoms with Gasteiger partial charge in [-0.2, -0.15) is 0 Å². The van der Waals surface area contributed by atoms with Gasteiger partial charge in [0.2, 0.25) is 0 Å². The molecule has 0 aromatic heterocycles. The second-order valence-corrected chi connectivity index (χ2v) is 4.88. The maximum Gasteiger partial charge on any atom is 0.253 e. The zero-order valence-corrected chi connectivity index (χ0v) is 11.4. The molecule has 5 heteroatoms. The van der Waals surface area contributed by atoms with Gasteiger partial charge in [0, 0.05) is 12.5 Å². The van der Waals surface area contributed by atoms with Gasteiger partial charge in [-0.05, 0) is 25.5 Å². The minimum absolute atomic E-state index is 0.100. The van der Waals surface area contributed by atoms with E-state index < -0.39 is 0 Å². The number of carbonyl (C=O) groups is 1. The van der Waals surface area contributed by atoms with Crippen LogP contribution < -0.4 is 11.1 Å². The van der Waals surface area contributed by atoms with Crippen molar-refractivity contribution in [2.24, 2.45) is 5.73 Å². The van der Waals surface area contributed by atoms with Crippen LogP contribution in [0.15, 0.2) is 18.2 Å². The highest BCUT2D eigenvalue weighted by Gasteiger charge is 2.14. The van der Waals surface area contributed by atoms with Crippen molar-refractivity contribution in [2.45, 2.75) is 26.3 Å². The van der Waals surface area contributed by atoms with E-state index in [0.717, 1.165) is 5.56 Å². The number of rotatable bonds is 4. The van der Waals surface area contributed by atoms with Crippen LogP contribution in [-0.4, -0.2) is 16.9 Å². The quantitative estimate of drug-likeness (QED) is 0.827. The van der Waals surface area contributed by atoms with E-state index in [9.17, 15) is 4.79 Å². The first-order valence-electron chi connectivity index (χ1n) is 5.26. The molecular weight excluding hydrogens is 256 g/mol. The third kappa shape index (κ3) is 3.98. The molecule has 1 rings (SSSR count). The Morgan fingerprint density at radius 2 is 2.24 bits per heavy atom. The molecule has 0 spiro atoms. The number of amides is 1. The van der Waals surface area contributed by atoms with Crippen LogP contribution in [0.5, 0.6) is 0 Å². The first-order valence-corrected chi connectivity index (χ1v) is 6.04. The second-order valence-electron chi connectivity index (χ2n) is 3.98. The lowest BCUT2D eigenvalue weighted by atomic mass is 10.1. The molecule has 0 saturated carbocycles. The molecule has 3 nitrogen and oxygen atoms in total. The maximum absolute atomic E-state index is 11.9. The number of thiocarbonyl (C=S) groups is 1. The van der Waals surface area contributed by atoms with Crippen molar-refractivity contribution in [1.82, 2.24) is 5.32 Å². The fourth-order valence-electron chi connectivity index (χ4n) is 1.48. The number of carbonyl (C=O) groups excluding carboxylic acids is 1. The lowest BCUT2D eigenvalue weighted by Gasteiger charge is -2.14. The molecule has 0 bridgehead atoms. The molecule has 0 aliphatic heterocycles. The average molecular weight is 271 g/mol. The van der Waals surface area contributed by atoms with Crippen molar-refractivity contribution in [3.8, 4) is 0 Å². The van der Waals surface area contributed by atoms with E-state index in [1.165, 1.54) is 0 Å². The molecule has 0 aliphatic carbocycles. The van der Waals surface area contributed by atoms with E-state index in [0.29, 0.717) is 22.0 Å². The number of hydrogen-bond donors (Lipinski definition) is 2. The Bertz CT molecular complexity index is 448. The fourth-order valence-corrected chi connectivity index (χ4v) is 1.94. The van der Waals surface area contributed by atoms with Crippen molar-refractivity contribution in [3.05, 3.63) is 34.3 Å². The van der Waals surface area contributed by atoms with E-state index in [1.807, 2.05) is 19.9 Å². The Balaban J connectivity index is 2.77. The van der Waals surface area contributed by atoms with Crippen molar-refractivity contribution in [3.63, 3.8) is 0 Å². The molecule has 1 unspecified atom stereocenters. The summed E-state index contributed by atoms with van der Waals surface area (Å²) in [6, 6.07) is 5.25. The van der Waals surface area contributed by atoms with Crippen LogP contribution in [0.4, 0.5) is 0 Å². The molecule has 1 aromatic rings. The topological polar surface area (TPSA) is 55.1 Å². The van der Waals surface area contributed by atoms with Crippen molar-refractivity contribution in [2.75, 3.05) is 0 Å². The first-order chi connectivity index (χ1) is 7.91. The highest BCUT2D eigenvalue weighted by molar-refractivity contribution is 7.80. The molecule has 0 fully saturated rings. The van der Waals surface area contributed by atoms with Crippen LogP contribution >= 0.6 is 23.8 Å². The zero-order chi connectivity index (χ0) is 13.0. The summed E-state index contributed by atoms with van der Waals surface area (Å²) >= 11 is 10.9. The van der Waals surface area contributed by atoms with Gasteiger partial charge in [0.05, 0.1) is 15.6 Å². The predicted octanol–water partition coefficient (Wildman–Crippen LogP) is 2.44. The molecule has 0 aliphatic rings. The van der Waals surface area contributed by atoms with Gasteiger partial charge in [0.1, 0.15) is 0 Å². The minimum atomic E-state index is -0.206. The summed E-state index contributed by atoms with van der Waals surface area (Å²) in [4.78, 5) is 12.3. The van der Waals surface area contributed by atoms with E-state index in [4.69, 9.17) is 29.6 Å². The lowest BCUT2D eigenvalue weighted by Crippen LogP contribution is -2.35. The standard InChI is InChI=1S/C12H15ClN2OS/c1-7-4-3-5-9(11(7)13)12(16)15-8(2)6-10(14)17/h3-5,8H,6H2,1-2H3,(H2,14,17)(H,15,16). The van der Waals surface area contributed by atoms with Gasteiger partial charge in [-0.1, -0.05) is 36.0 Å². The third-order valence-corrected chi connectivity index (χ3v) is 2.99. The number of hydrogen-bond acceptors (Lipinski definition) is 2. The summed E-state index contributed by atoms with van der Waals surface area (Å²) in [6.45, 7) is 3.71. The predicted molar refractivity (Wildman–Crippen MR) is 74.5 cm³/mol. The number of nitrogens with two attached hydrogens (primary N) is 1. The number of nitrogens with one attached hydrogen (secondary N) is 1. The van der Waals surface area contributed by atoms with Crippen LogP contribution in [-0.2, 0) is 0 Å². The fraction of sp³-hybridized carbons (Fsp3) is 0.333. The van der Waals surface area contributed by atoms with Crippen molar-refractivity contribution in [1.29, 1.82) is 0 Å². The highest BCUT2D eigenvalue weighted by atomic mass is 35.5. The van der Waals surface area contributed by atoms with E-state index in [-0.39, 0.29) is 11.9 Å². The van der Waals surface area contributed by atoms with Gasteiger partial charge in [-0.15, -0.1) is 0 Å². The van der Waals surface area contributed by atoms with Gasteiger partial charge in [-0.25, -0.2) is 0 Å². The Kier molecular flexibility index (Phi) is 4.90. The largest absolute Gasteiger partial charge is 0.393 e. The summed E-state index contributed by atoms with van der Waals surface area (Å²) in [7, 11) is 0. The first kappa shape index (κ1) is 13.9. The summed E-state index contributed by atoms with van der Waals surface area (Å²) in [5.41, 5.74) is 6.77. The zero-order valence-electron chi connectivity index (χ0n) is 9.79. The Morgan fingerprint density at radius 1 is 1.59 bits per heavy atom. The summed E-state index contributed by atoms with van der Waals surface area (Å²) in [5.74, 6) is -0.206. The van der Waals surface area contributed by atoms with Gasteiger partial charge >= 0.3 is 0 Å². The molecule has 3 N–H and O–H groups in total. The van der Waals surface area contributed by atoms with Gasteiger partial charge in [-0.3, -0.25) is 4.79 Å². The van der Waals surface area contributed by atoms with E-state index in [2.05, 4.69) is 5.32 Å². The SMILES string of the molecule is Cc1cccc(C(=O)NC(C)CC(N)=S)c1Cl. The highest BCUT2D eigenvalue weighted by Crippen LogP contribution is 2.20. The number of benzene rings is 1. The monoisotopic (exact) mass is 270 g/mol. The molecular formula is C12H15ClN2OS. The molecule has 92 valence electrons. The summed E-state index contributed by atoms with van der Waals surface area (Å²) in [5, 5.41) is 3.28. The van der Waals surface area contributed by atoms with Crippen LogP contribution in [0.1, 0.15) is 29.3 Å². The summed E-state index contributed by atoms with van der Waals surface area (Å²) in [6.07, 6.45) is 0.477. The number of halogens is 1. The molecule has 1 amide bonds. The van der Waals surface area contributed by atoms with E-state index in [1.54, 1.807) is 12.1 Å². The van der Waals surface area contributed by atoms with Crippen LogP contribution in [0.2, 0.25) is 5.02 Å². The van der Waals surface area contributed by atoms with Crippen molar-refractivity contribution < 1.29 is 4.79 Å².